The number of nitrogens with one attached hydrogen (secondary N) is 1. The Kier molecular flexibility index (Phi) is 5.17. The fraction of sp³-hybridized carbons (Fsp3) is 1.00. The van der Waals surface area contributed by atoms with Crippen LogP contribution in [0, 0.1) is 0 Å². The number of hydrogen-bond donors (Lipinski definition) is 2. The minimum atomic E-state index is -3.43. The van der Waals surface area contributed by atoms with E-state index in [0.29, 0.717) is 13.0 Å². The summed E-state index contributed by atoms with van der Waals surface area (Å²) in [5.74, 6) is 0. The smallest absolute Gasteiger partial charge is 0.279 e. The summed E-state index contributed by atoms with van der Waals surface area (Å²) in [6, 6.07) is -0.275. The standard InChI is InChI=1S/C10H22N2O3S/c1-3-8-11-16(14,15)12(2)9-6-4-5-7-10(9)13/h9-11,13H,3-8H2,1-2H3. The highest BCUT2D eigenvalue weighted by molar-refractivity contribution is 7.87. The predicted octanol–water partition coefficient (Wildman–Crippen LogP) is 0.466. The zero-order valence-electron chi connectivity index (χ0n) is 10.0. The van der Waals surface area contributed by atoms with Gasteiger partial charge in [-0.2, -0.15) is 12.7 Å². The maximum atomic E-state index is 11.8. The van der Waals surface area contributed by atoms with Crippen molar-refractivity contribution in [2.45, 2.75) is 51.2 Å². The lowest BCUT2D eigenvalue weighted by atomic mass is 9.93. The number of hydrogen-bond acceptors (Lipinski definition) is 3. The third kappa shape index (κ3) is 3.41. The normalized spacial score (nSPS) is 27.2. The van der Waals surface area contributed by atoms with Crippen LogP contribution >= 0.6 is 0 Å². The summed E-state index contributed by atoms with van der Waals surface area (Å²) in [5.41, 5.74) is 0. The van der Waals surface area contributed by atoms with Gasteiger partial charge in [-0.1, -0.05) is 19.8 Å². The molecule has 2 N–H and O–H groups in total. The summed E-state index contributed by atoms with van der Waals surface area (Å²) in [4.78, 5) is 0. The van der Waals surface area contributed by atoms with Gasteiger partial charge in [0.05, 0.1) is 12.1 Å². The summed E-state index contributed by atoms with van der Waals surface area (Å²) in [6.45, 7) is 2.35. The Morgan fingerprint density at radius 3 is 2.56 bits per heavy atom. The molecule has 0 bridgehead atoms. The number of aliphatic hydroxyl groups excluding tert-OH is 1. The monoisotopic (exact) mass is 250 g/mol. The SMILES string of the molecule is CCCNS(=O)(=O)N(C)C1CCCCC1O. The van der Waals surface area contributed by atoms with Gasteiger partial charge < -0.3 is 5.11 Å². The molecule has 5 nitrogen and oxygen atoms in total. The Hall–Kier alpha value is -0.170. The molecule has 0 spiro atoms. The molecule has 1 saturated carbocycles. The molecule has 0 radical (unpaired) electrons. The molecule has 0 aromatic carbocycles. The van der Waals surface area contributed by atoms with Gasteiger partial charge in [-0.3, -0.25) is 0 Å². The highest BCUT2D eigenvalue weighted by atomic mass is 32.2. The molecule has 0 heterocycles. The molecule has 6 heteroatoms. The van der Waals surface area contributed by atoms with Gasteiger partial charge in [0.1, 0.15) is 0 Å². The molecular formula is C10H22N2O3S. The van der Waals surface area contributed by atoms with Crippen molar-refractivity contribution >= 4 is 10.2 Å². The Labute approximate surface area is 98.0 Å². The van der Waals surface area contributed by atoms with E-state index >= 15 is 0 Å². The number of likely N-dealkylation sites (N-methyl/N-ethyl adjacent to an activating group) is 1. The van der Waals surface area contributed by atoms with Crippen molar-refractivity contribution in [1.29, 1.82) is 0 Å². The summed E-state index contributed by atoms with van der Waals surface area (Å²) in [5, 5.41) is 9.79. The van der Waals surface area contributed by atoms with Crippen molar-refractivity contribution in [3.8, 4) is 0 Å². The van der Waals surface area contributed by atoms with E-state index in [0.717, 1.165) is 25.7 Å². The maximum Gasteiger partial charge on any atom is 0.279 e. The molecule has 0 aromatic heterocycles. The summed E-state index contributed by atoms with van der Waals surface area (Å²) in [6.07, 6.45) is 3.63. The van der Waals surface area contributed by atoms with Gasteiger partial charge in [0.2, 0.25) is 0 Å². The van der Waals surface area contributed by atoms with Crippen LogP contribution in [0.3, 0.4) is 0 Å². The van der Waals surface area contributed by atoms with Crippen molar-refractivity contribution in [2.75, 3.05) is 13.6 Å². The quantitative estimate of drug-likeness (QED) is 0.745. The second-order valence-corrected chi connectivity index (χ2v) is 6.15. The Morgan fingerprint density at radius 2 is 2.00 bits per heavy atom. The van der Waals surface area contributed by atoms with Gasteiger partial charge in [0, 0.05) is 13.6 Å². The molecule has 0 saturated heterocycles. The van der Waals surface area contributed by atoms with Gasteiger partial charge in [-0.25, -0.2) is 4.72 Å². The van der Waals surface area contributed by atoms with Crippen molar-refractivity contribution in [3.63, 3.8) is 0 Å². The minimum absolute atomic E-state index is 0.275. The average Bonchev–Trinajstić information content (AvgIpc) is 2.26. The van der Waals surface area contributed by atoms with Crippen LogP contribution in [-0.4, -0.2) is 43.6 Å². The van der Waals surface area contributed by atoms with Crippen LogP contribution in [0.15, 0.2) is 0 Å². The van der Waals surface area contributed by atoms with Crippen LogP contribution < -0.4 is 4.72 Å². The first-order valence-corrected chi connectivity index (χ1v) is 7.33. The molecule has 0 amide bonds. The molecule has 2 unspecified atom stereocenters. The lowest BCUT2D eigenvalue weighted by Crippen LogP contribution is -2.50. The Balaban J connectivity index is 2.64. The topological polar surface area (TPSA) is 69.6 Å². The molecule has 16 heavy (non-hydrogen) atoms. The number of aliphatic hydroxyl groups is 1. The minimum Gasteiger partial charge on any atom is -0.391 e. The van der Waals surface area contributed by atoms with Crippen LogP contribution in [0.5, 0.6) is 0 Å². The van der Waals surface area contributed by atoms with E-state index in [1.807, 2.05) is 6.92 Å². The van der Waals surface area contributed by atoms with Crippen LogP contribution in [0.4, 0.5) is 0 Å². The molecule has 0 aromatic rings. The van der Waals surface area contributed by atoms with Crippen LogP contribution in [0.2, 0.25) is 0 Å². The zero-order chi connectivity index (χ0) is 12.2. The molecule has 0 aliphatic heterocycles. The van der Waals surface area contributed by atoms with Crippen LogP contribution in [0.25, 0.3) is 0 Å². The average molecular weight is 250 g/mol. The van der Waals surface area contributed by atoms with E-state index in [2.05, 4.69) is 4.72 Å². The van der Waals surface area contributed by atoms with E-state index < -0.39 is 16.3 Å². The third-order valence-corrected chi connectivity index (χ3v) is 4.67. The molecule has 1 aliphatic rings. The van der Waals surface area contributed by atoms with Crippen LogP contribution in [-0.2, 0) is 10.2 Å². The van der Waals surface area contributed by atoms with E-state index in [4.69, 9.17) is 0 Å². The van der Waals surface area contributed by atoms with E-state index in [-0.39, 0.29) is 6.04 Å². The molecule has 96 valence electrons. The zero-order valence-corrected chi connectivity index (χ0v) is 10.8. The Morgan fingerprint density at radius 1 is 1.38 bits per heavy atom. The fourth-order valence-corrected chi connectivity index (χ4v) is 3.30. The first-order valence-electron chi connectivity index (χ1n) is 5.89. The van der Waals surface area contributed by atoms with Crippen molar-refractivity contribution in [3.05, 3.63) is 0 Å². The van der Waals surface area contributed by atoms with Gasteiger partial charge in [-0.15, -0.1) is 0 Å². The number of nitrogens with zero attached hydrogens (tertiary/aromatic N) is 1. The fourth-order valence-electron chi connectivity index (χ4n) is 2.03. The van der Waals surface area contributed by atoms with E-state index in [1.54, 1.807) is 0 Å². The second-order valence-electron chi connectivity index (χ2n) is 4.33. The first-order chi connectivity index (χ1) is 7.49. The van der Waals surface area contributed by atoms with Crippen molar-refractivity contribution in [2.24, 2.45) is 0 Å². The summed E-state index contributed by atoms with van der Waals surface area (Å²) in [7, 11) is -1.89. The first kappa shape index (κ1) is 13.9. The predicted molar refractivity (Wildman–Crippen MR) is 63.2 cm³/mol. The third-order valence-electron chi connectivity index (χ3n) is 3.07. The van der Waals surface area contributed by atoms with Gasteiger partial charge >= 0.3 is 0 Å². The number of rotatable bonds is 5. The molecule has 1 fully saturated rings. The second kappa shape index (κ2) is 5.95. The Bertz CT molecular complexity index is 305. The van der Waals surface area contributed by atoms with Gasteiger partial charge in [0.15, 0.2) is 0 Å². The van der Waals surface area contributed by atoms with Crippen LogP contribution in [0.1, 0.15) is 39.0 Å². The van der Waals surface area contributed by atoms with E-state index in [9.17, 15) is 13.5 Å². The highest BCUT2D eigenvalue weighted by Gasteiger charge is 2.32. The van der Waals surface area contributed by atoms with Crippen molar-refractivity contribution in [1.82, 2.24) is 9.03 Å². The molecular weight excluding hydrogens is 228 g/mol. The van der Waals surface area contributed by atoms with Gasteiger partial charge in [0.25, 0.3) is 10.2 Å². The molecule has 2 atom stereocenters. The lowest BCUT2D eigenvalue weighted by molar-refractivity contribution is 0.0633. The molecule has 1 aliphatic carbocycles. The van der Waals surface area contributed by atoms with Crippen molar-refractivity contribution < 1.29 is 13.5 Å². The highest BCUT2D eigenvalue weighted by Crippen LogP contribution is 2.23. The maximum absolute atomic E-state index is 11.8. The summed E-state index contributed by atoms with van der Waals surface area (Å²) < 4.78 is 27.5. The van der Waals surface area contributed by atoms with E-state index in [1.165, 1.54) is 11.4 Å². The molecule has 1 rings (SSSR count). The summed E-state index contributed by atoms with van der Waals surface area (Å²) >= 11 is 0. The van der Waals surface area contributed by atoms with Gasteiger partial charge in [-0.05, 0) is 19.3 Å². The lowest BCUT2D eigenvalue weighted by Gasteiger charge is -2.34. The largest absolute Gasteiger partial charge is 0.391 e.